The van der Waals surface area contributed by atoms with Gasteiger partial charge in [-0.25, -0.2) is 0 Å². The highest BCUT2D eigenvalue weighted by atomic mass is 16.2. The molecule has 1 N–H and O–H groups in total. The normalized spacial score (nSPS) is 29.6. The van der Waals surface area contributed by atoms with E-state index in [0.29, 0.717) is 6.42 Å². The van der Waals surface area contributed by atoms with Crippen LogP contribution in [0.3, 0.4) is 0 Å². The van der Waals surface area contributed by atoms with E-state index in [1.54, 1.807) is 11.8 Å². The topological polar surface area (TPSA) is 52.7 Å². The second-order valence-corrected chi connectivity index (χ2v) is 6.00. The van der Waals surface area contributed by atoms with E-state index >= 15 is 0 Å². The summed E-state index contributed by atoms with van der Waals surface area (Å²) in [4.78, 5) is 28.5. The number of hydrogen-bond acceptors (Lipinski definition) is 3. The molecule has 3 unspecified atom stereocenters. The van der Waals surface area contributed by atoms with Crippen molar-refractivity contribution in [2.45, 2.75) is 58.2 Å². The van der Waals surface area contributed by atoms with Gasteiger partial charge in [-0.3, -0.25) is 9.59 Å². The second kappa shape index (κ2) is 5.90. The van der Waals surface area contributed by atoms with Gasteiger partial charge in [0.15, 0.2) is 0 Å². The molecular formula is C14H27N3O2. The molecule has 2 amide bonds. The molecule has 3 atom stereocenters. The molecule has 5 heteroatoms. The van der Waals surface area contributed by atoms with Crippen LogP contribution in [0.4, 0.5) is 0 Å². The molecule has 0 saturated carbocycles. The molecule has 1 aliphatic rings. The maximum absolute atomic E-state index is 12.6. The van der Waals surface area contributed by atoms with Gasteiger partial charge in [-0.1, -0.05) is 6.92 Å². The number of nitrogens with one attached hydrogen (secondary N) is 1. The van der Waals surface area contributed by atoms with Crippen LogP contribution in [-0.4, -0.2) is 59.9 Å². The minimum absolute atomic E-state index is 0.0355. The molecule has 1 aliphatic heterocycles. The fraction of sp³-hybridized carbons (Fsp3) is 0.857. The van der Waals surface area contributed by atoms with Gasteiger partial charge in [0, 0.05) is 6.04 Å². The Hall–Kier alpha value is -1.10. The summed E-state index contributed by atoms with van der Waals surface area (Å²) >= 11 is 0. The molecule has 110 valence electrons. The van der Waals surface area contributed by atoms with Crippen molar-refractivity contribution in [2.24, 2.45) is 0 Å². The van der Waals surface area contributed by atoms with Crippen molar-refractivity contribution in [1.29, 1.82) is 0 Å². The Morgan fingerprint density at radius 2 is 2.00 bits per heavy atom. The number of hydrogen-bond donors (Lipinski definition) is 1. The molecule has 1 rings (SSSR count). The van der Waals surface area contributed by atoms with E-state index in [9.17, 15) is 9.59 Å². The molecule has 0 aliphatic carbocycles. The molecule has 0 spiro atoms. The zero-order valence-electron chi connectivity index (χ0n) is 13.0. The van der Waals surface area contributed by atoms with Crippen molar-refractivity contribution in [2.75, 3.05) is 20.6 Å². The molecule has 1 saturated heterocycles. The maximum Gasteiger partial charge on any atom is 0.248 e. The summed E-state index contributed by atoms with van der Waals surface area (Å²) in [5.41, 5.74) is -0.754. The Morgan fingerprint density at radius 1 is 1.42 bits per heavy atom. The van der Waals surface area contributed by atoms with Gasteiger partial charge in [-0.2, -0.15) is 0 Å². The molecular weight excluding hydrogens is 242 g/mol. The summed E-state index contributed by atoms with van der Waals surface area (Å²) in [7, 11) is 4.02. The molecule has 1 heterocycles. The summed E-state index contributed by atoms with van der Waals surface area (Å²) in [6.45, 7) is 8.46. The number of rotatable bonds is 5. The summed E-state index contributed by atoms with van der Waals surface area (Å²) in [5, 5.41) is 2.85. The SMILES string of the molecule is CCC1(C)NC(=O)C(C)N(C(C)CCN(C)C)C1=O. The Labute approximate surface area is 116 Å². The first-order valence-corrected chi connectivity index (χ1v) is 7.02. The van der Waals surface area contributed by atoms with E-state index in [2.05, 4.69) is 10.2 Å². The van der Waals surface area contributed by atoms with Crippen molar-refractivity contribution < 1.29 is 9.59 Å². The predicted molar refractivity (Wildman–Crippen MR) is 75.8 cm³/mol. The van der Waals surface area contributed by atoms with Crippen LogP contribution in [0.2, 0.25) is 0 Å². The van der Waals surface area contributed by atoms with E-state index in [1.165, 1.54) is 0 Å². The Morgan fingerprint density at radius 3 is 2.47 bits per heavy atom. The minimum Gasteiger partial charge on any atom is -0.340 e. The number of piperazine rings is 1. The number of nitrogens with zero attached hydrogens (tertiary/aromatic N) is 2. The lowest BCUT2D eigenvalue weighted by Crippen LogP contribution is -2.70. The van der Waals surface area contributed by atoms with Crippen LogP contribution >= 0.6 is 0 Å². The van der Waals surface area contributed by atoms with Crippen LogP contribution in [0.5, 0.6) is 0 Å². The van der Waals surface area contributed by atoms with E-state index in [0.717, 1.165) is 13.0 Å². The first-order chi connectivity index (χ1) is 8.73. The predicted octanol–water partition coefficient (Wildman–Crippen LogP) is 0.842. The van der Waals surface area contributed by atoms with Crippen LogP contribution in [0.1, 0.15) is 40.5 Å². The average molecular weight is 269 g/mol. The van der Waals surface area contributed by atoms with Crippen molar-refractivity contribution in [3.63, 3.8) is 0 Å². The third kappa shape index (κ3) is 3.26. The van der Waals surface area contributed by atoms with Crippen LogP contribution in [-0.2, 0) is 9.59 Å². The van der Waals surface area contributed by atoms with Gasteiger partial charge in [-0.05, 0) is 54.3 Å². The Balaban J connectivity index is 2.88. The quantitative estimate of drug-likeness (QED) is 0.805. The third-order valence-corrected chi connectivity index (χ3v) is 4.08. The largest absolute Gasteiger partial charge is 0.340 e. The third-order valence-electron chi connectivity index (χ3n) is 4.08. The maximum atomic E-state index is 12.6. The highest BCUT2D eigenvalue weighted by molar-refractivity contribution is 5.99. The molecule has 0 bridgehead atoms. The lowest BCUT2D eigenvalue weighted by atomic mass is 9.90. The lowest BCUT2D eigenvalue weighted by molar-refractivity contribution is -0.156. The van der Waals surface area contributed by atoms with Gasteiger partial charge in [0.25, 0.3) is 0 Å². The number of carbonyl (C=O) groups is 2. The molecule has 0 aromatic carbocycles. The fourth-order valence-electron chi connectivity index (χ4n) is 2.42. The van der Waals surface area contributed by atoms with Gasteiger partial charge in [0.2, 0.25) is 11.8 Å². The van der Waals surface area contributed by atoms with Crippen molar-refractivity contribution in [1.82, 2.24) is 15.1 Å². The number of amides is 2. The second-order valence-electron chi connectivity index (χ2n) is 6.00. The van der Waals surface area contributed by atoms with Crippen LogP contribution < -0.4 is 5.32 Å². The Kier molecular flexibility index (Phi) is 4.96. The van der Waals surface area contributed by atoms with Gasteiger partial charge in [0.05, 0.1) is 0 Å². The van der Waals surface area contributed by atoms with Crippen LogP contribution in [0, 0.1) is 0 Å². The zero-order valence-corrected chi connectivity index (χ0v) is 13.0. The first-order valence-electron chi connectivity index (χ1n) is 7.02. The monoisotopic (exact) mass is 269 g/mol. The minimum atomic E-state index is -0.754. The average Bonchev–Trinajstić information content (AvgIpc) is 2.34. The summed E-state index contributed by atoms with van der Waals surface area (Å²) in [6, 6.07) is -0.314. The highest BCUT2D eigenvalue weighted by Gasteiger charge is 2.46. The van der Waals surface area contributed by atoms with Gasteiger partial charge < -0.3 is 15.1 Å². The smallest absolute Gasteiger partial charge is 0.248 e. The first kappa shape index (κ1) is 16.0. The molecule has 5 nitrogen and oxygen atoms in total. The van der Waals surface area contributed by atoms with Crippen LogP contribution in [0.25, 0.3) is 0 Å². The van der Waals surface area contributed by atoms with E-state index < -0.39 is 5.54 Å². The van der Waals surface area contributed by atoms with E-state index in [-0.39, 0.29) is 23.9 Å². The van der Waals surface area contributed by atoms with Gasteiger partial charge in [0.1, 0.15) is 11.6 Å². The Bertz CT molecular complexity index is 357. The van der Waals surface area contributed by atoms with Gasteiger partial charge in [-0.15, -0.1) is 0 Å². The number of carbonyl (C=O) groups excluding carboxylic acids is 2. The van der Waals surface area contributed by atoms with E-state index in [4.69, 9.17) is 0 Å². The molecule has 0 aromatic rings. The van der Waals surface area contributed by atoms with E-state index in [1.807, 2.05) is 34.9 Å². The zero-order chi connectivity index (χ0) is 14.8. The van der Waals surface area contributed by atoms with Crippen molar-refractivity contribution in [3.8, 4) is 0 Å². The van der Waals surface area contributed by atoms with Crippen molar-refractivity contribution >= 4 is 11.8 Å². The summed E-state index contributed by atoms with van der Waals surface area (Å²) in [5.74, 6) is -0.0194. The summed E-state index contributed by atoms with van der Waals surface area (Å²) < 4.78 is 0. The van der Waals surface area contributed by atoms with Crippen LogP contribution in [0.15, 0.2) is 0 Å². The highest BCUT2D eigenvalue weighted by Crippen LogP contribution is 2.24. The molecule has 0 aromatic heterocycles. The molecule has 1 fully saturated rings. The molecule has 19 heavy (non-hydrogen) atoms. The van der Waals surface area contributed by atoms with Crippen molar-refractivity contribution in [3.05, 3.63) is 0 Å². The standard InChI is InChI=1S/C14H27N3O2/c1-7-14(4)13(19)17(11(3)12(18)15-14)10(2)8-9-16(5)6/h10-11H,7-9H2,1-6H3,(H,15,18). The summed E-state index contributed by atoms with van der Waals surface area (Å²) in [6.07, 6.45) is 1.48. The fourth-order valence-corrected chi connectivity index (χ4v) is 2.42. The lowest BCUT2D eigenvalue weighted by Gasteiger charge is -2.45. The molecule has 0 radical (unpaired) electrons. The van der Waals surface area contributed by atoms with Gasteiger partial charge >= 0.3 is 0 Å².